The summed E-state index contributed by atoms with van der Waals surface area (Å²) in [6.07, 6.45) is 1.73. The van der Waals surface area contributed by atoms with Gasteiger partial charge in [0.05, 0.1) is 10.5 Å². The standard InChI is InChI=1S/C13H19FN2O2S2/c1-3-9(4-2)8-16-20(17,18)11-7-5-6-10(14)12(11)13(15)19/h5-7,9,16H,3-4,8H2,1-2H3,(H2,15,19). The topological polar surface area (TPSA) is 72.2 Å². The third-order valence-corrected chi connectivity index (χ3v) is 4.90. The number of sulfonamides is 1. The third-order valence-electron chi connectivity index (χ3n) is 3.23. The number of hydrogen-bond acceptors (Lipinski definition) is 3. The summed E-state index contributed by atoms with van der Waals surface area (Å²) >= 11 is 4.73. The van der Waals surface area contributed by atoms with E-state index in [4.69, 9.17) is 18.0 Å². The first-order chi connectivity index (χ1) is 9.33. The fourth-order valence-electron chi connectivity index (χ4n) is 1.85. The second kappa shape index (κ2) is 7.10. The van der Waals surface area contributed by atoms with Crippen LogP contribution in [0.4, 0.5) is 4.39 Å². The highest BCUT2D eigenvalue weighted by Gasteiger charge is 2.23. The van der Waals surface area contributed by atoms with Gasteiger partial charge in [-0.3, -0.25) is 0 Å². The first-order valence-corrected chi connectivity index (χ1v) is 8.30. The number of thiocarbonyl (C=S) groups is 1. The van der Waals surface area contributed by atoms with E-state index in [-0.39, 0.29) is 21.4 Å². The predicted molar refractivity (Wildman–Crippen MR) is 81.5 cm³/mol. The summed E-state index contributed by atoms with van der Waals surface area (Å²) in [5, 5.41) is 0. The summed E-state index contributed by atoms with van der Waals surface area (Å²) in [6.45, 7) is 4.29. The molecule has 0 unspecified atom stereocenters. The number of halogens is 1. The van der Waals surface area contributed by atoms with Gasteiger partial charge in [-0.25, -0.2) is 17.5 Å². The zero-order valence-corrected chi connectivity index (χ0v) is 13.2. The van der Waals surface area contributed by atoms with E-state index in [9.17, 15) is 12.8 Å². The molecule has 7 heteroatoms. The van der Waals surface area contributed by atoms with Gasteiger partial charge in [-0.1, -0.05) is 45.0 Å². The zero-order chi connectivity index (χ0) is 15.3. The van der Waals surface area contributed by atoms with Crippen LogP contribution in [-0.2, 0) is 10.0 Å². The van der Waals surface area contributed by atoms with Gasteiger partial charge in [0.2, 0.25) is 10.0 Å². The summed E-state index contributed by atoms with van der Waals surface area (Å²) in [4.78, 5) is -0.484. The molecule has 0 saturated heterocycles. The van der Waals surface area contributed by atoms with Crippen LogP contribution in [0.25, 0.3) is 0 Å². The molecule has 0 aliphatic carbocycles. The summed E-state index contributed by atoms with van der Waals surface area (Å²) in [6, 6.07) is 3.75. The molecule has 1 aromatic carbocycles. The van der Waals surface area contributed by atoms with Gasteiger partial charge in [-0.05, 0) is 18.1 Å². The summed E-state index contributed by atoms with van der Waals surface area (Å²) in [5.74, 6) is -0.491. The molecule has 0 radical (unpaired) electrons. The maximum atomic E-state index is 13.7. The Bertz CT molecular complexity index is 584. The van der Waals surface area contributed by atoms with Crippen LogP contribution in [0.5, 0.6) is 0 Å². The Morgan fingerprint density at radius 1 is 1.40 bits per heavy atom. The van der Waals surface area contributed by atoms with Crippen LogP contribution in [0.2, 0.25) is 0 Å². The fourth-order valence-corrected chi connectivity index (χ4v) is 3.47. The lowest BCUT2D eigenvalue weighted by Crippen LogP contribution is -2.31. The van der Waals surface area contributed by atoms with E-state index >= 15 is 0 Å². The molecule has 0 bridgehead atoms. The number of nitrogens with one attached hydrogen (secondary N) is 1. The lowest BCUT2D eigenvalue weighted by molar-refractivity contribution is 0.478. The van der Waals surface area contributed by atoms with Crippen molar-refractivity contribution in [3.63, 3.8) is 0 Å². The van der Waals surface area contributed by atoms with Crippen molar-refractivity contribution < 1.29 is 12.8 Å². The third kappa shape index (κ3) is 3.97. The predicted octanol–water partition coefficient (Wildman–Crippen LogP) is 2.17. The molecule has 0 amide bonds. The molecule has 0 aliphatic rings. The van der Waals surface area contributed by atoms with E-state index in [0.29, 0.717) is 6.54 Å². The van der Waals surface area contributed by atoms with Gasteiger partial charge in [-0.2, -0.15) is 0 Å². The lowest BCUT2D eigenvalue weighted by Gasteiger charge is -2.15. The van der Waals surface area contributed by atoms with Crippen LogP contribution in [0, 0.1) is 11.7 Å². The maximum Gasteiger partial charge on any atom is 0.241 e. The number of benzene rings is 1. The molecule has 0 spiro atoms. The van der Waals surface area contributed by atoms with Crippen LogP contribution in [0.3, 0.4) is 0 Å². The monoisotopic (exact) mass is 318 g/mol. The Morgan fingerprint density at radius 3 is 2.50 bits per heavy atom. The molecule has 0 aromatic heterocycles. The molecule has 20 heavy (non-hydrogen) atoms. The lowest BCUT2D eigenvalue weighted by atomic mass is 10.0. The van der Waals surface area contributed by atoms with Crippen molar-refractivity contribution in [3.8, 4) is 0 Å². The molecule has 3 N–H and O–H groups in total. The molecular formula is C13H19FN2O2S2. The van der Waals surface area contributed by atoms with Crippen molar-refractivity contribution in [2.75, 3.05) is 6.54 Å². The van der Waals surface area contributed by atoms with Crippen molar-refractivity contribution in [1.82, 2.24) is 4.72 Å². The average molecular weight is 318 g/mol. The fraction of sp³-hybridized carbons (Fsp3) is 0.462. The Kier molecular flexibility index (Phi) is 6.04. The van der Waals surface area contributed by atoms with Gasteiger partial charge in [0.25, 0.3) is 0 Å². The Hall–Kier alpha value is -1.05. The SMILES string of the molecule is CCC(CC)CNS(=O)(=O)c1cccc(F)c1C(N)=S. The molecule has 112 valence electrons. The normalized spacial score (nSPS) is 11.8. The highest BCUT2D eigenvalue weighted by atomic mass is 32.2. The average Bonchev–Trinajstić information content (AvgIpc) is 2.39. The van der Waals surface area contributed by atoms with Crippen molar-refractivity contribution in [2.45, 2.75) is 31.6 Å². The van der Waals surface area contributed by atoms with Gasteiger partial charge >= 0.3 is 0 Å². The van der Waals surface area contributed by atoms with Crippen LogP contribution in [0.1, 0.15) is 32.3 Å². The highest BCUT2D eigenvalue weighted by molar-refractivity contribution is 7.89. The van der Waals surface area contributed by atoms with Crippen LogP contribution < -0.4 is 10.5 Å². The largest absolute Gasteiger partial charge is 0.389 e. The Morgan fingerprint density at radius 2 is 2.00 bits per heavy atom. The molecule has 0 atom stereocenters. The molecule has 0 saturated carbocycles. The quantitative estimate of drug-likeness (QED) is 0.756. The molecule has 1 rings (SSSR count). The van der Waals surface area contributed by atoms with E-state index in [1.807, 2.05) is 13.8 Å². The number of hydrogen-bond donors (Lipinski definition) is 2. The van der Waals surface area contributed by atoms with E-state index in [2.05, 4.69) is 4.72 Å². The van der Waals surface area contributed by atoms with Gasteiger partial charge in [0, 0.05) is 6.54 Å². The smallest absolute Gasteiger partial charge is 0.241 e. The number of rotatable bonds is 7. The van der Waals surface area contributed by atoms with E-state index < -0.39 is 15.8 Å². The van der Waals surface area contributed by atoms with Crippen molar-refractivity contribution >= 4 is 27.2 Å². The van der Waals surface area contributed by atoms with Crippen LogP contribution >= 0.6 is 12.2 Å². The van der Waals surface area contributed by atoms with Crippen LogP contribution in [-0.4, -0.2) is 20.0 Å². The number of nitrogens with two attached hydrogens (primary N) is 1. The van der Waals surface area contributed by atoms with Crippen LogP contribution in [0.15, 0.2) is 23.1 Å². The van der Waals surface area contributed by atoms with Crippen molar-refractivity contribution in [2.24, 2.45) is 11.7 Å². The molecular weight excluding hydrogens is 299 g/mol. The Balaban J connectivity index is 3.10. The summed E-state index contributed by atoms with van der Waals surface area (Å²) in [5.41, 5.74) is 5.18. The molecule has 4 nitrogen and oxygen atoms in total. The second-order valence-corrected chi connectivity index (χ2v) is 6.69. The zero-order valence-electron chi connectivity index (χ0n) is 11.5. The first kappa shape index (κ1) is 17.0. The summed E-state index contributed by atoms with van der Waals surface area (Å²) < 4.78 is 40.7. The first-order valence-electron chi connectivity index (χ1n) is 6.41. The van der Waals surface area contributed by atoms with Crippen molar-refractivity contribution in [1.29, 1.82) is 0 Å². The molecule has 0 aliphatic heterocycles. The highest BCUT2D eigenvalue weighted by Crippen LogP contribution is 2.19. The maximum absolute atomic E-state index is 13.7. The minimum atomic E-state index is -3.83. The van der Waals surface area contributed by atoms with Crippen molar-refractivity contribution in [3.05, 3.63) is 29.6 Å². The van der Waals surface area contributed by atoms with E-state index in [0.717, 1.165) is 18.9 Å². The molecule has 1 aromatic rings. The minimum Gasteiger partial charge on any atom is -0.389 e. The molecule has 0 heterocycles. The minimum absolute atomic E-state index is 0.212. The Labute approximate surface area is 124 Å². The second-order valence-electron chi connectivity index (χ2n) is 4.51. The van der Waals surface area contributed by atoms with E-state index in [1.165, 1.54) is 12.1 Å². The van der Waals surface area contributed by atoms with Gasteiger partial charge in [0.1, 0.15) is 10.8 Å². The van der Waals surface area contributed by atoms with Gasteiger partial charge in [-0.15, -0.1) is 0 Å². The van der Waals surface area contributed by atoms with Gasteiger partial charge in [0.15, 0.2) is 0 Å². The van der Waals surface area contributed by atoms with E-state index in [1.54, 1.807) is 0 Å². The molecule has 0 fully saturated rings. The van der Waals surface area contributed by atoms with Gasteiger partial charge < -0.3 is 5.73 Å². The summed E-state index contributed by atoms with van der Waals surface area (Å²) in [7, 11) is -3.83.